The molecule has 0 bridgehead atoms. The van der Waals surface area contributed by atoms with Gasteiger partial charge in [-0.1, -0.05) is 24.3 Å². The summed E-state index contributed by atoms with van der Waals surface area (Å²) in [5.74, 6) is -0.580. The number of hydrogen-bond acceptors (Lipinski definition) is 6. The van der Waals surface area contributed by atoms with E-state index in [4.69, 9.17) is 4.74 Å². The number of Topliss-reactive ketones (excluding diaryl/α,β-unsaturated/α-hetero) is 1. The number of carbonyl (C=O) groups excluding carboxylic acids is 2. The van der Waals surface area contributed by atoms with Crippen molar-refractivity contribution < 1.29 is 22.7 Å². The van der Waals surface area contributed by atoms with Crippen molar-refractivity contribution >= 4 is 33.5 Å². The van der Waals surface area contributed by atoms with Crippen molar-refractivity contribution in [1.29, 1.82) is 0 Å². The third kappa shape index (κ3) is 6.46. The van der Waals surface area contributed by atoms with Gasteiger partial charge in [-0.3, -0.25) is 9.59 Å². The molecule has 0 fully saturated rings. The Morgan fingerprint density at radius 2 is 1.69 bits per heavy atom. The van der Waals surface area contributed by atoms with Gasteiger partial charge in [-0.2, -0.15) is 16.5 Å². The molecule has 1 N–H and O–H groups in total. The maximum absolute atomic E-state index is 13.0. The maximum atomic E-state index is 13.0. The zero-order valence-electron chi connectivity index (χ0n) is 21.2. The predicted octanol–water partition coefficient (Wildman–Crippen LogP) is 4.54. The van der Waals surface area contributed by atoms with Gasteiger partial charge in [0.15, 0.2) is 6.61 Å². The largest absolute Gasteiger partial charge is 0.456 e. The monoisotopic (exact) mass is 528 g/mol. The first-order valence-corrected chi connectivity index (χ1v) is 14.5. The Hall–Kier alpha value is -2.88. The molecule has 3 rings (SSSR count). The summed E-state index contributed by atoms with van der Waals surface area (Å²) < 4.78 is 35.2. The molecule has 0 aliphatic heterocycles. The fourth-order valence-electron chi connectivity index (χ4n) is 3.94. The van der Waals surface area contributed by atoms with Gasteiger partial charge in [-0.25, -0.2) is 8.42 Å². The number of rotatable bonds is 11. The minimum atomic E-state index is -3.92. The van der Waals surface area contributed by atoms with E-state index in [1.54, 1.807) is 24.3 Å². The molecule has 0 aliphatic carbocycles. The molecular formula is C27H32N2O5S2. The van der Waals surface area contributed by atoms with E-state index in [-0.39, 0.29) is 17.1 Å². The molecule has 0 saturated heterocycles. The average molecular weight is 529 g/mol. The van der Waals surface area contributed by atoms with E-state index < -0.39 is 28.6 Å². The van der Waals surface area contributed by atoms with E-state index in [9.17, 15) is 18.0 Å². The number of thioether (sulfide) groups is 1. The zero-order valence-corrected chi connectivity index (χ0v) is 22.8. The lowest BCUT2D eigenvalue weighted by molar-refractivity contribution is -0.144. The van der Waals surface area contributed by atoms with Crippen molar-refractivity contribution in [1.82, 2.24) is 9.29 Å². The van der Waals surface area contributed by atoms with Crippen molar-refractivity contribution in [2.45, 2.75) is 45.1 Å². The molecule has 36 heavy (non-hydrogen) atoms. The summed E-state index contributed by atoms with van der Waals surface area (Å²) in [7, 11) is -3.92. The van der Waals surface area contributed by atoms with Gasteiger partial charge in [0, 0.05) is 22.6 Å². The first-order valence-electron chi connectivity index (χ1n) is 11.6. The number of nitrogens with one attached hydrogen (secondary N) is 1. The van der Waals surface area contributed by atoms with Crippen molar-refractivity contribution in [3.8, 4) is 5.69 Å². The molecule has 7 nitrogen and oxygen atoms in total. The minimum Gasteiger partial charge on any atom is -0.456 e. The number of ketones is 1. The third-order valence-corrected chi connectivity index (χ3v) is 8.20. The number of nitrogens with zero attached hydrogens (tertiary/aromatic N) is 1. The molecule has 1 heterocycles. The summed E-state index contributed by atoms with van der Waals surface area (Å²) in [5.41, 5.74) is 5.39. The normalized spacial score (nSPS) is 12.4. The van der Waals surface area contributed by atoms with Gasteiger partial charge in [-0.15, -0.1) is 0 Å². The van der Waals surface area contributed by atoms with Gasteiger partial charge in [0.05, 0.1) is 4.90 Å². The molecule has 192 valence electrons. The molecule has 0 unspecified atom stereocenters. The highest BCUT2D eigenvalue weighted by atomic mass is 32.2. The van der Waals surface area contributed by atoms with E-state index in [0.29, 0.717) is 11.3 Å². The highest BCUT2D eigenvalue weighted by molar-refractivity contribution is 7.98. The number of sulfonamides is 1. The molecule has 0 spiro atoms. The van der Waals surface area contributed by atoms with E-state index in [1.807, 2.05) is 50.7 Å². The molecule has 1 atom stereocenters. The first kappa shape index (κ1) is 27.7. The number of ether oxygens (including phenoxy) is 1. The Morgan fingerprint density at radius 3 is 2.33 bits per heavy atom. The van der Waals surface area contributed by atoms with Crippen LogP contribution < -0.4 is 4.72 Å². The van der Waals surface area contributed by atoms with Crippen LogP contribution in [0, 0.1) is 27.7 Å². The van der Waals surface area contributed by atoms with Crippen LogP contribution in [0.25, 0.3) is 5.69 Å². The third-order valence-electron chi connectivity index (χ3n) is 6.07. The molecule has 2 aromatic carbocycles. The van der Waals surface area contributed by atoms with Crippen LogP contribution in [0.5, 0.6) is 0 Å². The molecule has 0 saturated carbocycles. The number of esters is 1. The van der Waals surface area contributed by atoms with Gasteiger partial charge in [0.1, 0.15) is 6.04 Å². The number of aryl methyl sites for hydroxylation is 3. The van der Waals surface area contributed by atoms with Gasteiger partial charge >= 0.3 is 5.97 Å². The van der Waals surface area contributed by atoms with Gasteiger partial charge in [-0.05, 0) is 87.6 Å². The Balaban J connectivity index is 1.74. The fraction of sp³-hybridized carbons (Fsp3) is 0.333. The summed E-state index contributed by atoms with van der Waals surface area (Å²) in [4.78, 5) is 25.9. The summed E-state index contributed by atoms with van der Waals surface area (Å²) in [5, 5.41) is 0. The average Bonchev–Trinajstić information content (AvgIpc) is 3.16. The van der Waals surface area contributed by atoms with Crippen molar-refractivity contribution in [2.24, 2.45) is 0 Å². The van der Waals surface area contributed by atoms with Crippen LogP contribution in [-0.2, 0) is 19.6 Å². The maximum Gasteiger partial charge on any atom is 0.324 e. The summed E-state index contributed by atoms with van der Waals surface area (Å²) in [6.07, 6.45) is 2.10. The predicted molar refractivity (Wildman–Crippen MR) is 144 cm³/mol. The van der Waals surface area contributed by atoms with Crippen molar-refractivity contribution in [3.63, 3.8) is 0 Å². The van der Waals surface area contributed by atoms with Crippen molar-refractivity contribution in [2.75, 3.05) is 18.6 Å². The second-order valence-corrected chi connectivity index (χ2v) is 11.4. The second-order valence-electron chi connectivity index (χ2n) is 8.69. The molecule has 0 aliphatic rings. The zero-order chi connectivity index (χ0) is 26.5. The van der Waals surface area contributed by atoms with E-state index in [0.717, 1.165) is 22.6 Å². The van der Waals surface area contributed by atoms with Crippen LogP contribution >= 0.6 is 11.8 Å². The summed E-state index contributed by atoms with van der Waals surface area (Å²) >= 11 is 1.48. The Labute approximate surface area is 217 Å². The van der Waals surface area contributed by atoms with Crippen LogP contribution in [-0.4, -0.2) is 49.4 Å². The van der Waals surface area contributed by atoms with E-state index in [2.05, 4.69) is 10.8 Å². The lowest BCUT2D eigenvalue weighted by atomic mass is 10.1. The molecule has 0 radical (unpaired) electrons. The highest BCUT2D eigenvalue weighted by Crippen LogP contribution is 2.23. The fourth-order valence-corrected chi connectivity index (χ4v) is 5.65. The second kappa shape index (κ2) is 11.9. The number of carbonyl (C=O) groups is 2. The number of benzene rings is 2. The lowest BCUT2D eigenvalue weighted by Crippen LogP contribution is -2.42. The minimum absolute atomic E-state index is 0.0572. The van der Waals surface area contributed by atoms with Crippen LogP contribution in [0.1, 0.15) is 39.3 Å². The van der Waals surface area contributed by atoms with Crippen LogP contribution in [0.4, 0.5) is 0 Å². The van der Waals surface area contributed by atoms with Gasteiger partial charge < -0.3 is 9.30 Å². The Morgan fingerprint density at radius 1 is 1.00 bits per heavy atom. The smallest absolute Gasteiger partial charge is 0.324 e. The number of aromatic nitrogens is 1. The Bertz CT molecular complexity index is 1350. The van der Waals surface area contributed by atoms with E-state index in [1.165, 1.54) is 29.5 Å². The molecule has 9 heteroatoms. The molecule has 3 aromatic rings. The first-order chi connectivity index (χ1) is 17.0. The highest BCUT2D eigenvalue weighted by Gasteiger charge is 2.28. The topological polar surface area (TPSA) is 94.5 Å². The van der Waals surface area contributed by atoms with Crippen LogP contribution in [0.3, 0.4) is 0 Å². The molecule has 1 aromatic heterocycles. The lowest BCUT2D eigenvalue weighted by Gasteiger charge is -2.17. The molecular weight excluding hydrogens is 496 g/mol. The van der Waals surface area contributed by atoms with Gasteiger partial charge in [0.2, 0.25) is 15.8 Å². The SMILES string of the molecule is CSCC[C@H](NS(=O)(=O)c1ccccc1)C(=O)OCC(=O)c1cc(C)n(-c2ccc(C)c(C)c2)c1C. The van der Waals surface area contributed by atoms with E-state index >= 15 is 0 Å². The standard InChI is InChI=1S/C27H32N2O5S2/c1-18-11-12-22(15-19(18)2)29-20(3)16-24(21(29)4)26(30)17-34-27(31)25(13-14-35-5)28-36(32,33)23-9-7-6-8-10-23/h6-12,15-16,25,28H,13-14,17H2,1-5H3/t25-/m0/s1. The van der Waals surface area contributed by atoms with Crippen LogP contribution in [0.2, 0.25) is 0 Å². The number of hydrogen-bond donors (Lipinski definition) is 1. The molecule has 0 amide bonds. The summed E-state index contributed by atoms with van der Waals surface area (Å²) in [6.45, 7) is 7.38. The van der Waals surface area contributed by atoms with Crippen LogP contribution in [0.15, 0.2) is 59.5 Å². The summed E-state index contributed by atoms with van der Waals surface area (Å²) in [6, 6.07) is 14.6. The Kier molecular flexibility index (Phi) is 9.16. The van der Waals surface area contributed by atoms with Crippen molar-refractivity contribution in [3.05, 3.63) is 82.7 Å². The van der Waals surface area contributed by atoms with Gasteiger partial charge in [0.25, 0.3) is 0 Å². The quantitative estimate of drug-likeness (QED) is 0.290.